The zero-order chi connectivity index (χ0) is 21.5. The quantitative estimate of drug-likeness (QED) is 0.488. The zero-order valence-electron chi connectivity index (χ0n) is 19.2. The molecule has 0 radical (unpaired) electrons. The molecule has 5 aliphatic rings. The summed E-state index contributed by atoms with van der Waals surface area (Å²) in [5.74, 6) is 5.02. The van der Waals surface area contributed by atoms with Crippen LogP contribution >= 0.6 is 24.0 Å². The van der Waals surface area contributed by atoms with Crippen LogP contribution in [0.2, 0.25) is 0 Å². The molecular formula is C27H40N2S2. The Bertz CT molecular complexity index is 755. The SMILES string of the molecule is CCC12CC3CC(c4ccccc4)(CC(C1)C3CSCC(=S)NC1CCC(N)CC1)C2. The van der Waals surface area contributed by atoms with Gasteiger partial charge in [-0.15, -0.1) is 0 Å². The molecule has 6 rings (SSSR count). The summed E-state index contributed by atoms with van der Waals surface area (Å²) < 4.78 is 0. The van der Waals surface area contributed by atoms with Crippen LogP contribution in [0.1, 0.15) is 76.7 Å². The molecule has 0 amide bonds. The molecule has 170 valence electrons. The molecule has 0 aliphatic heterocycles. The topological polar surface area (TPSA) is 38.0 Å². The largest absolute Gasteiger partial charge is 0.376 e. The summed E-state index contributed by atoms with van der Waals surface area (Å²) in [6.07, 6.45) is 13.2. The van der Waals surface area contributed by atoms with E-state index in [-0.39, 0.29) is 0 Å². The van der Waals surface area contributed by atoms with E-state index >= 15 is 0 Å². The maximum absolute atomic E-state index is 6.05. The fourth-order valence-corrected chi connectivity index (χ4v) is 9.68. The van der Waals surface area contributed by atoms with Crippen molar-refractivity contribution >= 4 is 29.0 Å². The second-order valence-corrected chi connectivity index (χ2v) is 12.9. The Morgan fingerprint density at radius 3 is 2.39 bits per heavy atom. The molecule has 0 spiro atoms. The molecule has 3 N–H and O–H groups in total. The standard InChI is InChI=1S/C27H40N2S2/c1-2-26-12-19-14-27(18-26,21-6-4-3-5-7-21)15-20(13-26)24(19)16-31-17-25(30)29-23-10-8-22(28)9-11-23/h3-7,19-20,22-24H,2,8-18,28H2,1H3,(H,29,30). The lowest BCUT2D eigenvalue weighted by molar-refractivity contribution is -0.106. The first-order valence-corrected chi connectivity index (χ1v) is 14.3. The van der Waals surface area contributed by atoms with Crippen molar-refractivity contribution in [2.75, 3.05) is 11.5 Å². The zero-order valence-corrected chi connectivity index (χ0v) is 20.8. The number of thioether (sulfide) groups is 1. The van der Waals surface area contributed by atoms with Crippen LogP contribution in [0.5, 0.6) is 0 Å². The second-order valence-electron chi connectivity index (χ2n) is 11.4. The lowest BCUT2D eigenvalue weighted by Crippen LogP contribution is -2.58. The van der Waals surface area contributed by atoms with Gasteiger partial charge in [-0.25, -0.2) is 0 Å². The van der Waals surface area contributed by atoms with E-state index in [1.807, 2.05) is 0 Å². The van der Waals surface area contributed by atoms with E-state index in [1.165, 1.54) is 57.1 Å². The maximum Gasteiger partial charge on any atom is 0.0856 e. The van der Waals surface area contributed by atoms with Crippen LogP contribution in [0, 0.1) is 23.2 Å². The van der Waals surface area contributed by atoms with Gasteiger partial charge >= 0.3 is 0 Å². The fourth-order valence-electron chi connectivity index (χ4n) is 8.06. The van der Waals surface area contributed by atoms with Gasteiger partial charge in [0.2, 0.25) is 0 Å². The molecule has 0 aromatic heterocycles. The van der Waals surface area contributed by atoms with E-state index in [2.05, 4.69) is 54.3 Å². The Morgan fingerprint density at radius 1 is 1.06 bits per heavy atom. The molecule has 1 aromatic rings. The number of thiocarbonyl (C=S) groups is 1. The lowest BCUT2D eigenvalue weighted by atomic mass is 9.40. The van der Waals surface area contributed by atoms with Gasteiger partial charge in [-0.3, -0.25) is 0 Å². The Hall–Kier alpha value is -0.580. The molecular weight excluding hydrogens is 416 g/mol. The van der Waals surface area contributed by atoms with Gasteiger partial charge < -0.3 is 11.1 Å². The van der Waals surface area contributed by atoms with Gasteiger partial charge in [0.1, 0.15) is 0 Å². The van der Waals surface area contributed by atoms with Crippen molar-refractivity contribution in [3.63, 3.8) is 0 Å². The highest BCUT2D eigenvalue weighted by molar-refractivity contribution is 8.01. The van der Waals surface area contributed by atoms with Crippen molar-refractivity contribution in [1.82, 2.24) is 5.32 Å². The summed E-state index contributed by atoms with van der Waals surface area (Å²) in [4.78, 5) is 1.07. The summed E-state index contributed by atoms with van der Waals surface area (Å²) in [5.41, 5.74) is 8.75. The molecule has 2 nitrogen and oxygen atoms in total. The monoisotopic (exact) mass is 456 g/mol. The van der Waals surface area contributed by atoms with Crippen molar-refractivity contribution in [3.05, 3.63) is 35.9 Å². The van der Waals surface area contributed by atoms with Gasteiger partial charge in [-0.05, 0) is 97.7 Å². The number of nitrogens with one attached hydrogen (secondary N) is 1. The van der Waals surface area contributed by atoms with Crippen LogP contribution in [-0.4, -0.2) is 28.6 Å². The van der Waals surface area contributed by atoms with Crippen LogP contribution in [0.4, 0.5) is 0 Å². The predicted octanol–water partition coefficient (Wildman–Crippen LogP) is 6.08. The van der Waals surface area contributed by atoms with Crippen LogP contribution in [0.15, 0.2) is 30.3 Å². The van der Waals surface area contributed by atoms with Crippen molar-refractivity contribution in [1.29, 1.82) is 0 Å². The lowest BCUT2D eigenvalue weighted by Gasteiger charge is -2.65. The normalized spacial score (nSPS) is 41.3. The summed E-state index contributed by atoms with van der Waals surface area (Å²) in [6, 6.07) is 12.5. The minimum Gasteiger partial charge on any atom is -0.376 e. The minimum absolute atomic E-state index is 0.406. The third-order valence-corrected chi connectivity index (χ3v) is 11.0. The molecule has 4 bridgehead atoms. The van der Waals surface area contributed by atoms with E-state index in [0.29, 0.717) is 22.9 Å². The Morgan fingerprint density at radius 2 is 1.74 bits per heavy atom. The molecule has 5 aliphatic carbocycles. The first-order chi connectivity index (χ1) is 15.0. The second kappa shape index (κ2) is 8.99. The predicted molar refractivity (Wildman–Crippen MR) is 138 cm³/mol. The number of hydrogen-bond donors (Lipinski definition) is 2. The molecule has 0 saturated heterocycles. The van der Waals surface area contributed by atoms with Gasteiger partial charge in [0.25, 0.3) is 0 Å². The molecule has 5 saturated carbocycles. The minimum atomic E-state index is 0.406. The number of nitrogens with two attached hydrogens (primary N) is 1. The van der Waals surface area contributed by atoms with Crippen LogP contribution in [-0.2, 0) is 5.41 Å². The Kier molecular flexibility index (Phi) is 6.44. The highest BCUT2D eigenvalue weighted by atomic mass is 32.2. The number of benzene rings is 1. The van der Waals surface area contributed by atoms with E-state index in [4.69, 9.17) is 18.0 Å². The van der Waals surface area contributed by atoms with Crippen molar-refractivity contribution in [2.45, 2.75) is 88.6 Å². The molecule has 1 aromatic carbocycles. The summed E-state index contributed by atoms with van der Waals surface area (Å²) >= 11 is 7.82. The van der Waals surface area contributed by atoms with Crippen molar-refractivity contribution < 1.29 is 0 Å². The average molecular weight is 457 g/mol. The highest BCUT2D eigenvalue weighted by Crippen LogP contribution is 2.68. The fraction of sp³-hybridized carbons (Fsp3) is 0.741. The molecule has 5 fully saturated rings. The summed E-state index contributed by atoms with van der Waals surface area (Å²) in [6.45, 7) is 2.46. The van der Waals surface area contributed by atoms with Crippen LogP contribution in [0.3, 0.4) is 0 Å². The van der Waals surface area contributed by atoms with Gasteiger partial charge in [0, 0.05) is 17.8 Å². The first kappa shape index (κ1) is 22.2. The van der Waals surface area contributed by atoms with Crippen LogP contribution in [0.25, 0.3) is 0 Å². The van der Waals surface area contributed by atoms with Crippen LogP contribution < -0.4 is 11.1 Å². The van der Waals surface area contributed by atoms with Crippen molar-refractivity contribution in [2.24, 2.45) is 28.9 Å². The number of rotatable bonds is 7. The summed E-state index contributed by atoms with van der Waals surface area (Å²) in [7, 11) is 0. The van der Waals surface area contributed by atoms with E-state index in [1.54, 1.807) is 5.56 Å². The van der Waals surface area contributed by atoms with Gasteiger partial charge in [-0.2, -0.15) is 11.8 Å². The van der Waals surface area contributed by atoms with Gasteiger partial charge in [0.05, 0.1) is 4.99 Å². The smallest absolute Gasteiger partial charge is 0.0856 e. The highest BCUT2D eigenvalue weighted by Gasteiger charge is 2.60. The first-order valence-electron chi connectivity index (χ1n) is 12.7. The molecule has 2 unspecified atom stereocenters. The molecule has 2 atom stereocenters. The molecule has 4 heteroatoms. The Labute approximate surface area is 198 Å². The molecule has 0 heterocycles. The number of hydrogen-bond acceptors (Lipinski definition) is 3. The molecule has 31 heavy (non-hydrogen) atoms. The van der Waals surface area contributed by atoms with Crippen molar-refractivity contribution in [3.8, 4) is 0 Å². The Balaban J connectivity index is 1.18. The summed E-state index contributed by atoms with van der Waals surface area (Å²) in [5, 5.41) is 3.64. The average Bonchev–Trinajstić information content (AvgIpc) is 2.77. The maximum atomic E-state index is 6.05. The van der Waals surface area contributed by atoms with Gasteiger partial charge in [0.15, 0.2) is 0 Å². The van der Waals surface area contributed by atoms with E-state index < -0.39 is 0 Å². The van der Waals surface area contributed by atoms with Gasteiger partial charge in [-0.1, -0.05) is 55.9 Å². The third kappa shape index (κ3) is 4.46. The van der Waals surface area contributed by atoms with E-state index in [9.17, 15) is 0 Å². The van der Waals surface area contributed by atoms with E-state index in [0.717, 1.165) is 41.3 Å². The third-order valence-electron chi connectivity index (χ3n) is 9.44.